The van der Waals surface area contributed by atoms with Crippen LogP contribution in [0.3, 0.4) is 0 Å². The fourth-order valence-electron chi connectivity index (χ4n) is 3.83. The minimum absolute atomic E-state index is 0.115. The van der Waals surface area contributed by atoms with E-state index in [1.165, 1.54) is 24.3 Å². The van der Waals surface area contributed by atoms with Crippen LogP contribution in [0.2, 0.25) is 0 Å². The summed E-state index contributed by atoms with van der Waals surface area (Å²) < 4.78 is 32.8. The van der Waals surface area contributed by atoms with E-state index in [0.29, 0.717) is 12.5 Å². The summed E-state index contributed by atoms with van der Waals surface area (Å²) in [7, 11) is 0. The molecule has 0 heterocycles. The number of hydrogen-bond acceptors (Lipinski definition) is 1. The maximum Gasteiger partial charge on any atom is 0.224 e. The molecule has 2 nitrogen and oxygen atoms in total. The van der Waals surface area contributed by atoms with Gasteiger partial charge in [0.1, 0.15) is 17.4 Å². The Morgan fingerprint density at radius 2 is 1.34 bits per heavy atom. The highest BCUT2D eigenvalue weighted by atomic mass is 19.1. The maximum absolute atomic E-state index is 13.3. The first-order valence-electron chi connectivity index (χ1n) is 9.77. The Balaban J connectivity index is 1.63. The van der Waals surface area contributed by atoms with Crippen molar-refractivity contribution in [1.82, 2.24) is 0 Å². The molecule has 0 spiro atoms. The molecule has 1 saturated carbocycles. The zero-order valence-electron chi connectivity index (χ0n) is 15.9. The quantitative estimate of drug-likeness (QED) is 0.439. The van der Waals surface area contributed by atoms with Gasteiger partial charge in [-0.2, -0.15) is 0 Å². The zero-order valence-corrected chi connectivity index (χ0v) is 15.9. The van der Waals surface area contributed by atoms with Crippen LogP contribution >= 0.6 is 0 Å². The van der Waals surface area contributed by atoms with Crippen molar-refractivity contribution in [3.8, 4) is 28.0 Å². The van der Waals surface area contributed by atoms with Gasteiger partial charge >= 0.3 is 0 Å². The van der Waals surface area contributed by atoms with Gasteiger partial charge in [0.15, 0.2) is 0 Å². The largest absolute Gasteiger partial charge is 0.493 e. The molecule has 0 radical (unpaired) electrons. The molecule has 1 aliphatic carbocycles. The molecule has 3 aromatic rings. The zero-order chi connectivity index (χ0) is 20.2. The van der Waals surface area contributed by atoms with Gasteiger partial charge in [-0.25, -0.2) is 15.4 Å². The van der Waals surface area contributed by atoms with Crippen LogP contribution in [0.4, 0.5) is 8.78 Å². The third kappa shape index (κ3) is 4.63. The van der Waals surface area contributed by atoms with Crippen LogP contribution in [-0.2, 0) is 0 Å². The van der Waals surface area contributed by atoms with E-state index in [-0.39, 0.29) is 17.7 Å². The highest BCUT2D eigenvalue weighted by Crippen LogP contribution is 2.33. The van der Waals surface area contributed by atoms with Crippen LogP contribution in [0.25, 0.3) is 27.1 Å². The molecule has 4 heteroatoms. The van der Waals surface area contributed by atoms with Crippen LogP contribution < -0.4 is 4.74 Å². The molecule has 2 atom stereocenters. The minimum Gasteiger partial charge on any atom is -0.493 e. The number of ether oxygens (including phenoxy) is 1. The van der Waals surface area contributed by atoms with E-state index in [0.717, 1.165) is 47.3 Å². The molecule has 0 amide bonds. The smallest absolute Gasteiger partial charge is 0.224 e. The Morgan fingerprint density at radius 3 is 1.83 bits per heavy atom. The van der Waals surface area contributed by atoms with E-state index in [4.69, 9.17) is 11.3 Å². The van der Waals surface area contributed by atoms with Gasteiger partial charge in [0.05, 0.1) is 6.61 Å². The van der Waals surface area contributed by atoms with Gasteiger partial charge in [-0.05, 0) is 71.1 Å². The summed E-state index contributed by atoms with van der Waals surface area (Å²) in [6.45, 7) is 7.76. The summed E-state index contributed by atoms with van der Waals surface area (Å²) in [6, 6.07) is 18.7. The summed E-state index contributed by atoms with van der Waals surface area (Å²) >= 11 is 0. The first-order valence-corrected chi connectivity index (χ1v) is 9.77. The monoisotopic (exact) mass is 389 g/mol. The van der Waals surface area contributed by atoms with E-state index in [1.807, 2.05) is 18.2 Å². The topological polar surface area (TPSA) is 13.6 Å². The fourth-order valence-corrected chi connectivity index (χ4v) is 3.83. The van der Waals surface area contributed by atoms with Crippen molar-refractivity contribution in [2.75, 3.05) is 6.61 Å². The van der Waals surface area contributed by atoms with Crippen molar-refractivity contribution in [3.05, 3.63) is 89.8 Å². The summed E-state index contributed by atoms with van der Waals surface area (Å²) in [5.74, 6) is 0.543. The van der Waals surface area contributed by atoms with Crippen molar-refractivity contribution in [1.29, 1.82) is 0 Å². The van der Waals surface area contributed by atoms with Gasteiger partial charge in [-0.15, -0.1) is 0 Å². The summed E-state index contributed by atoms with van der Waals surface area (Å²) in [6.07, 6.45) is 2.83. The lowest BCUT2D eigenvalue weighted by Gasteiger charge is -2.14. The lowest BCUT2D eigenvalue weighted by atomic mass is 9.98. The van der Waals surface area contributed by atoms with E-state index in [1.54, 1.807) is 24.3 Å². The first-order chi connectivity index (χ1) is 14.1. The fraction of sp³-hybridized carbons (Fsp3) is 0.240. The number of nitrogens with zero attached hydrogens (tertiary/aromatic N) is 1. The summed E-state index contributed by atoms with van der Waals surface area (Å²) in [4.78, 5) is 3.65. The molecule has 146 valence electrons. The second kappa shape index (κ2) is 8.45. The van der Waals surface area contributed by atoms with Crippen molar-refractivity contribution >= 4 is 0 Å². The van der Waals surface area contributed by atoms with Crippen molar-refractivity contribution in [2.24, 2.45) is 5.92 Å². The van der Waals surface area contributed by atoms with Gasteiger partial charge in [0.2, 0.25) is 6.04 Å². The number of rotatable bonds is 5. The maximum atomic E-state index is 13.3. The first kappa shape index (κ1) is 19.1. The molecular formula is C25H21F2NO. The second-order valence-electron chi connectivity index (χ2n) is 7.53. The molecule has 0 aromatic heterocycles. The molecule has 0 N–H and O–H groups in total. The third-order valence-electron chi connectivity index (χ3n) is 5.44. The van der Waals surface area contributed by atoms with Crippen LogP contribution in [0.15, 0.2) is 66.7 Å². The Hall–Kier alpha value is -3.19. The van der Waals surface area contributed by atoms with Crippen LogP contribution in [0.5, 0.6) is 5.75 Å². The van der Waals surface area contributed by atoms with Crippen molar-refractivity contribution in [3.63, 3.8) is 0 Å². The van der Waals surface area contributed by atoms with Gasteiger partial charge in [-0.1, -0.05) is 24.3 Å². The van der Waals surface area contributed by atoms with E-state index in [2.05, 4.69) is 4.85 Å². The van der Waals surface area contributed by atoms with E-state index >= 15 is 0 Å². The number of halogens is 2. The standard InChI is InChI=1S/C25H21F2NO/c1-28-24-11-2-17(12-24)16-29-25-14-20(18-3-7-22(26)8-4-18)13-21(15-25)19-5-9-23(27)10-6-19/h3-10,13-15,17,24H,2,11-12,16H2/t17-,24+/m0/s1. The van der Waals surface area contributed by atoms with E-state index < -0.39 is 0 Å². The Bertz CT molecular complexity index is 958. The average Bonchev–Trinajstić information content (AvgIpc) is 3.21. The Morgan fingerprint density at radius 1 is 0.793 bits per heavy atom. The highest BCUT2D eigenvalue weighted by Gasteiger charge is 2.28. The summed E-state index contributed by atoms with van der Waals surface area (Å²) in [5.41, 5.74) is 3.59. The third-order valence-corrected chi connectivity index (χ3v) is 5.44. The summed E-state index contributed by atoms with van der Waals surface area (Å²) in [5, 5.41) is 0. The molecule has 3 aromatic carbocycles. The molecule has 0 saturated heterocycles. The number of benzene rings is 3. The van der Waals surface area contributed by atoms with Crippen LogP contribution in [-0.4, -0.2) is 12.6 Å². The van der Waals surface area contributed by atoms with Crippen LogP contribution in [0.1, 0.15) is 19.3 Å². The molecule has 1 fully saturated rings. The molecule has 29 heavy (non-hydrogen) atoms. The average molecular weight is 389 g/mol. The second-order valence-corrected chi connectivity index (χ2v) is 7.53. The molecule has 1 aliphatic rings. The van der Waals surface area contributed by atoms with Gasteiger partial charge in [0.25, 0.3) is 0 Å². The van der Waals surface area contributed by atoms with Crippen LogP contribution in [0, 0.1) is 24.1 Å². The molecule has 0 aliphatic heterocycles. The number of hydrogen-bond donors (Lipinski definition) is 0. The van der Waals surface area contributed by atoms with E-state index in [9.17, 15) is 8.78 Å². The lowest BCUT2D eigenvalue weighted by molar-refractivity contribution is 0.252. The van der Waals surface area contributed by atoms with Crippen molar-refractivity contribution in [2.45, 2.75) is 25.3 Å². The van der Waals surface area contributed by atoms with Gasteiger partial charge < -0.3 is 9.58 Å². The van der Waals surface area contributed by atoms with Gasteiger partial charge in [0, 0.05) is 18.8 Å². The Labute approximate surface area is 169 Å². The predicted octanol–water partition coefficient (Wildman–Crippen LogP) is 6.77. The molecule has 0 unspecified atom stereocenters. The molecule has 0 bridgehead atoms. The SMILES string of the molecule is [C-]#[N+][C@@H]1CC[C@H](COc2cc(-c3ccc(F)cc3)cc(-c3ccc(F)cc3)c2)C1. The molecule has 4 rings (SSSR count). The Kier molecular flexibility index (Phi) is 5.57. The van der Waals surface area contributed by atoms with Crippen molar-refractivity contribution < 1.29 is 13.5 Å². The highest BCUT2D eigenvalue weighted by molar-refractivity contribution is 5.75. The normalized spacial score (nSPS) is 18.4. The molecular weight excluding hydrogens is 368 g/mol. The predicted molar refractivity (Wildman–Crippen MR) is 110 cm³/mol. The minimum atomic E-state index is -0.282. The lowest BCUT2D eigenvalue weighted by Crippen LogP contribution is -2.09. The van der Waals surface area contributed by atoms with Gasteiger partial charge in [-0.3, -0.25) is 0 Å².